The van der Waals surface area contributed by atoms with Crippen molar-refractivity contribution in [2.24, 2.45) is 5.41 Å². The first kappa shape index (κ1) is 13.3. The molecule has 2 unspecified atom stereocenters. The Hall–Kier alpha value is -0.120. The number of nitrogens with zero attached hydrogens (tertiary/aromatic N) is 2. The Bertz CT molecular complexity index is 234. The molecule has 2 rings (SSSR count). The fraction of sp³-hybridized carbons (Fsp3) is 1.00. The van der Waals surface area contributed by atoms with Crippen molar-refractivity contribution in [3.8, 4) is 0 Å². The second-order valence-electron chi connectivity index (χ2n) is 6.31. The first-order chi connectivity index (χ1) is 8.15. The standard InChI is InChI=1S/C14H29N3/c1-4-14(7-8-15-11-14)12-17-9-5-6-13(17)10-16(2)3/h13,15H,4-12H2,1-3H3. The predicted octanol–water partition coefficient (Wildman–Crippen LogP) is 1.40. The average Bonchev–Trinajstić information content (AvgIpc) is 2.90. The Labute approximate surface area is 107 Å². The Kier molecular flexibility index (Phi) is 4.45. The number of likely N-dealkylation sites (N-methyl/N-ethyl adjacent to an activating group) is 1. The van der Waals surface area contributed by atoms with Gasteiger partial charge in [-0.15, -0.1) is 0 Å². The first-order valence-electron chi connectivity index (χ1n) is 7.25. The second kappa shape index (κ2) is 5.68. The highest BCUT2D eigenvalue weighted by Crippen LogP contribution is 2.33. The number of hydrogen-bond donors (Lipinski definition) is 1. The second-order valence-corrected chi connectivity index (χ2v) is 6.31. The number of hydrogen-bond acceptors (Lipinski definition) is 3. The van der Waals surface area contributed by atoms with E-state index in [1.54, 1.807) is 0 Å². The van der Waals surface area contributed by atoms with E-state index in [1.807, 2.05) is 0 Å². The zero-order chi connectivity index (χ0) is 12.3. The molecule has 2 fully saturated rings. The lowest BCUT2D eigenvalue weighted by Crippen LogP contribution is -2.44. The maximum atomic E-state index is 3.56. The maximum Gasteiger partial charge on any atom is 0.0223 e. The maximum absolute atomic E-state index is 3.56. The van der Waals surface area contributed by atoms with E-state index in [-0.39, 0.29) is 0 Å². The summed E-state index contributed by atoms with van der Waals surface area (Å²) in [6.07, 6.45) is 5.48. The summed E-state index contributed by atoms with van der Waals surface area (Å²) in [5, 5.41) is 3.56. The Morgan fingerprint density at radius 2 is 2.24 bits per heavy atom. The van der Waals surface area contributed by atoms with Gasteiger partial charge in [0.25, 0.3) is 0 Å². The van der Waals surface area contributed by atoms with Crippen molar-refractivity contribution in [3.63, 3.8) is 0 Å². The van der Waals surface area contributed by atoms with Crippen molar-refractivity contribution in [1.82, 2.24) is 15.1 Å². The largest absolute Gasteiger partial charge is 0.316 e. The van der Waals surface area contributed by atoms with Crippen LogP contribution in [0.25, 0.3) is 0 Å². The van der Waals surface area contributed by atoms with Crippen LogP contribution in [0.15, 0.2) is 0 Å². The van der Waals surface area contributed by atoms with Gasteiger partial charge < -0.3 is 10.2 Å². The minimum Gasteiger partial charge on any atom is -0.316 e. The van der Waals surface area contributed by atoms with Crippen molar-refractivity contribution in [2.75, 3.05) is 46.8 Å². The molecule has 2 atom stereocenters. The van der Waals surface area contributed by atoms with E-state index in [0.29, 0.717) is 5.41 Å². The van der Waals surface area contributed by atoms with Gasteiger partial charge in [0.2, 0.25) is 0 Å². The van der Waals surface area contributed by atoms with Crippen molar-refractivity contribution < 1.29 is 0 Å². The van der Waals surface area contributed by atoms with Gasteiger partial charge in [0.1, 0.15) is 0 Å². The van der Waals surface area contributed by atoms with Gasteiger partial charge in [-0.1, -0.05) is 6.92 Å². The van der Waals surface area contributed by atoms with Gasteiger partial charge in [-0.3, -0.25) is 4.90 Å². The van der Waals surface area contributed by atoms with E-state index < -0.39 is 0 Å². The molecule has 2 aliphatic rings. The van der Waals surface area contributed by atoms with Gasteiger partial charge in [0.15, 0.2) is 0 Å². The van der Waals surface area contributed by atoms with E-state index in [9.17, 15) is 0 Å². The molecule has 0 radical (unpaired) electrons. The minimum absolute atomic E-state index is 0.564. The number of rotatable bonds is 5. The molecular weight excluding hydrogens is 210 g/mol. The van der Waals surface area contributed by atoms with Crippen LogP contribution in [0.3, 0.4) is 0 Å². The molecule has 0 aromatic heterocycles. The third kappa shape index (κ3) is 3.21. The van der Waals surface area contributed by atoms with Crippen molar-refractivity contribution in [2.45, 2.75) is 38.6 Å². The molecule has 0 aromatic rings. The molecule has 0 aromatic carbocycles. The van der Waals surface area contributed by atoms with Crippen molar-refractivity contribution in [3.05, 3.63) is 0 Å². The van der Waals surface area contributed by atoms with Crippen LogP contribution in [0.1, 0.15) is 32.6 Å². The Balaban J connectivity index is 1.92. The molecule has 100 valence electrons. The van der Waals surface area contributed by atoms with Gasteiger partial charge in [0, 0.05) is 25.7 Å². The summed E-state index contributed by atoms with van der Waals surface area (Å²) in [6, 6.07) is 0.800. The molecule has 17 heavy (non-hydrogen) atoms. The molecule has 2 saturated heterocycles. The van der Waals surface area contributed by atoms with Crippen LogP contribution >= 0.6 is 0 Å². The fourth-order valence-corrected chi connectivity index (χ4v) is 3.51. The third-order valence-corrected chi connectivity index (χ3v) is 4.70. The molecule has 0 bridgehead atoms. The number of nitrogens with one attached hydrogen (secondary N) is 1. The average molecular weight is 239 g/mol. The Morgan fingerprint density at radius 3 is 2.82 bits per heavy atom. The van der Waals surface area contributed by atoms with Gasteiger partial charge in [-0.25, -0.2) is 0 Å². The molecule has 1 N–H and O–H groups in total. The van der Waals surface area contributed by atoms with Crippen LogP contribution in [-0.4, -0.2) is 62.7 Å². The predicted molar refractivity (Wildman–Crippen MR) is 73.4 cm³/mol. The number of likely N-dealkylation sites (tertiary alicyclic amines) is 1. The summed E-state index contributed by atoms with van der Waals surface area (Å²) < 4.78 is 0. The SMILES string of the molecule is CCC1(CN2CCCC2CN(C)C)CCNC1. The van der Waals surface area contributed by atoms with Crippen molar-refractivity contribution in [1.29, 1.82) is 0 Å². The van der Waals surface area contributed by atoms with Crippen LogP contribution in [0.2, 0.25) is 0 Å². The van der Waals surface area contributed by atoms with Crippen LogP contribution in [-0.2, 0) is 0 Å². The zero-order valence-corrected chi connectivity index (χ0v) is 11.8. The van der Waals surface area contributed by atoms with Crippen LogP contribution in [0.4, 0.5) is 0 Å². The van der Waals surface area contributed by atoms with E-state index in [2.05, 4.69) is 36.1 Å². The van der Waals surface area contributed by atoms with Gasteiger partial charge in [-0.05, 0) is 58.3 Å². The summed E-state index contributed by atoms with van der Waals surface area (Å²) in [5.74, 6) is 0. The summed E-state index contributed by atoms with van der Waals surface area (Å²) in [5.41, 5.74) is 0.564. The lowest BCUT2D eigenvalue weighted by molar-refractivity contribution is 0.130. The molecule has 0 saturated carbocycles. The lowest BCUT2D eigenvalue weighted by Gasteiger charge is -2.36. The topological polar surface area (TPSA) is 18.5 Å². The van der Waals surface area contributed by atoms with Crippen molar-refractivity contribution >= 4 is 0 Å². The van der Waals surface area contributed by atoms with Gasteiger partial charge in [-0.2, -0.15) is 0 Å². The molecule has 0 amide bonds. The van der Waals surface area contributed by atoms with Gasteiger partial charge >= 0.3 is 0 Å². The summed E-state index contributed by atoms with van der Waals surface area (Å²) in [4.78, 5) is 5.10. The van der Waals surface area contributed by atoms with Crippen LogP contribution in [0.5, 0.6) is 0 Å². The van der Waals surface area contributed by atoms with Crippen LogP contribution in [0, 0.1) is 5.41 Å². The van der Waals surface area contributed by atoms with E-state index in [1.165, 1.54) is 58.4 Å². The molecule has 2 aliphatic heterocycles. The quantitative estimate of drug-likeness (QED) is 0.782. The monoisotopic (exact) mass is 239 g/mol. The molecule has 0 spiro atoms. The summed E-state index contributed by atoms with van der Waals surface area (Å²) >= 11 is 0. The fourth-order valence-electron chi connectivity index (χ4n) is 3.51. The molecule has 2 heterocycles. The minimum atomic E-state index is 0.564. The lowest BCUT2D eigenvalue weighted by atomic mass is 9.83. The van der Waals surface area contributed by atoms with Crippen LogP contribution < -0.4 is 5.32 Å². The highest BCUT2D eigenvalue weighted by atomic mass is 15.2. The summed E-state index contributed by atoms with van der Waals surface area (Å²) in [6.45, 7) is 8.68. The van der Waals surface area contributed by atoms with E-state index in [0.717, 1.165) is 6.04 Å². The normalized spacial score (nSPS) is 34.9. The highest BCUT2D eigenvalue weighted by molar-refractivity contribution is 4.93. The van der Waals surface area contributed by atoms with E-state index >= 15 is 0 Å². The van der Waals surface area contributed by atoms with Gasteiger partial charge in [0.05, 0.1) is 0 Å². The van der Waals surface area contributed by atoms with E-state index in [4.69, 9.17) is 0 Å². The Morgan fingerprint density at radius 1 is 1.41 bits per heavy atom. The molecular formula is C14H29N3. The smallest absolute Gasteiger partial charge is 0.0223 e. The first-order valence-corrected chi connectivity index (χ1v) is 7.25. The molecule has 3 nitrogen and oxygen atoms in total. The molecule has 3 heteroatoms. The zero-order valence-electron chi connectivity index (χ0n) is 11.8. The molecule has 0 aliphatic carbocycles. The highest BCUT2D eigenvalue weighted by Gasteiger charge is 2.37. The third-order valence-electron chi connectivity index (χ3n) is 4.70. The summed E-state index contributed by atoms with van der Waals surface area (Å²) in [7, 11) is 4.40.